The highest BCUT2D eigenvalue weighted by Crippen LogP contribution is 2.00. The van der Waals surface area contributed by atoms with E-state index in [0.717, 1.165) is 0 Å². The Kier molecular flexibility index (Phi) is 14.1. The molecule has 0 aromatic heterocycles. The van der Waals surface area contributed by atoms with Crippen LogP contribution >= 0.6 is 0 Å². The Hall–Kier alpha value is -1.54. The molecule has 7 nitrogen and oxygen atoms in total. The van der Waals surface area contributed by atoms with Crippen molar-refractivity contribution in [2.24, 2.45) is 0 Å². The first-order valence-electron chi connectivity index (χ1n) is 8.08. The number of amides is 1. The van der Waals surface area contributed by atoms with Crippen molar-refractivity contribution in [3.63, 3.8) is 0 Å². The molecule has 0 bridgehead atoms. The van der Waals surface area contributed by atoms with Gasteiger partial charge in [-0.25, -0.2) is 0 Å². The number of ketones is 1. The van der Waals surface area contributed by atoms with Gasteiger partial charge in [-0.3, -0.25) is 9.59 Å². The van der Waals surface area contributed by atoms with E-state index < -0.39 is 12.2 Å². The Balaban J connectivity index is 3.50. The molecular formula is C17H29NO6. The minimum Gasteiger partial charge on any atom is -0.388 e. The summed E-state index contributed by atoms with van der Waals surface area (Å²) in [5.74, 6) is -0.233. The molecule has 0 aliphatic carbocycles. The molecule has 0 saturated carbocycles. The lowest BCUT2D eigenvalue weighted by Crippen LogP contribution is -2.34. The first-order chi connectivity index (χ1) is 11.5. The lowest BCUT2D eigenvalue weighted by atomic mass is 10.2. The van der Waals surface area contributed by atoms with E-state index in [0.29, 0.717) is 45.4 Å². The van der Waals surface area contributed by atoms with Crippen LogP contribution < -0.4 is 5.32 Å². The van der Waals surface area contributed by atoms with Gasteiger partial charge in [-0.1, -0.05) is 13.2 Å². The summed E-state index contributed by atoms with van der Waals surface area (Å²) < 4.78 is 10.5. The number of aliphatic hydroxyl groups excluding tert-OH is 2. The predicted molar refractivity (Wildman–Crippen MR) is 90.5 cm³/mol. The van der Waals surface area contributed by atoms with Crippen molar-refractivity contribution in [3.05, 3.63) is 25.3 Å². The van der Waals surface area contributed by atoms with Crippen molar-refractivity contribution in [2.75, 3.05) is 33.0 Å². The highest BCUT2D eigenvalue weighted by molar-refractivity contribution is 5.88. The molecule has 0 saturated heterocycles. The van der Waals surface area contributed by atoms with Gasteiger partial charge in [0.25, 0.3) is 0 Å². The van der Waals surface area contributed by atoms with Crippen molar-refractivity contribution in [1.82, 2.24) is 5.32 Å². The third-order valence-electron chi connectivity index (χ3n) is 3.16. The summed E-state index contributed by atoms with van der Waals surface area (Å²) in [5, 5.41) is 22.0. The zero-order chi connectivity index (χ0) is 18.2. The summed E-state index contributed by atoms with van der Waals surface area (Å²) in [6, 6.07) is 0. The zero-order valence-electron chi connectivity index (χ0n) is 14.1. The van der Waals surface area contributed by atoms with Gasteiger partial charge in [0.15, 0.2) is 5.78 Å². The summed E-state index contributed by atoms with van der Waals surface area (Å²) in [7, 11) is 0. The summed E-state index contributed by atoms with van der Waals surface area (Å²) in [5.41, 5.74) is 0. The van der Waals surface area contributed by atoms with Gasteiger partial charge in [-0.2, -0.15) is 0 Å². The van der Waals surface area contributed by atoms with Crippen LogP contribution in [0.4, 0.5) is 0 Å². The molecular weight excluding hydrogens is 314 g/mol. The average Bonchev–Trinajstić information content (AvgIpc) is 2.59. The van der Waals surface area contributed by atoms with Crippen LogP contribution in [-0.4, -0.2) is 67.1 Å². The monoisotopic (exact) mass is 343 g/mol. The maximum atomic E-state index is 11.0. The fourth-order valence-electron chi connectivity index (χ4n) is 1.69. The van der Waals surface area contributed by atoms with Crippen LogP contribution in [0.3, 0.4) is 0 Å². The normalized spacial score (nSPS) is 13.1. The molecule has 138 valence electrons. The van der Waals surface area contributed by atoms with Crippen LogP contribution in [0.5, 0.6) is 0 Å². The van der Waals surface area contributed by atoms with Crippen LogP contribution in [-0.2, 0) is 19.1 Å². The molecule has 0 heterocycles. The van der Waals surface area contributed by atoms with Crippen molar-refractivity contribution >= 4 is 11.7 Å². The molecule has 0 radical (unpaired) electrons. The van der Waals surface area contributed by atoms with Gasteiger partial charge in [0.05, 0.1) is 13.2 Å². The largest absolute Gasteiger partial charge is 0.388 e. The number of hydrogen-bond acceptors (Lipinski definition) is 6. The first kappa shape index (κ1) is 22.5. The fraction of sp³-hybridized carbons (Fsp3) is 0.647. The maximum Gasteiger partial charge on any atom is 0.243 e. The second-order valence-electron chi connectivity index (χ2n) is 5.26. The average molecular weight is 343 g/mol. The highest BCUT2D eigenvalue weighted by Gasteiger charge is 2.16. The molecule has 0 aliphatic rings. The van der Waals surface area contributed by atoms with Gasteiger partial charge in [0.1, 0.15) is 12.2 Å². The van der Waals surface area contributed by atoms with Crippen LogP contribution in [0.25, 0.3) is 0 Å². The lowest BCUT2D eigenvalue weighted by Gasteiger charge is -2.18. The van der Waals surface area contributed by atoms with Gasteiger partial charge in [-0.05, 0) is 31.4 Å². The summed E-state index contributed by atoms with van der Waals surface area (Å²) in [4.78, 5) is 21.9. The summed E-state index contributed by atoms with van der Waals surface area (Å²) in [6.45, 7) is 7.97. The number of rotatable bonds is 16. The second kappa shape index (κ2) is 15.0. The molecule has 7 heteroatoms. The number of nitrogens with one attached hydrogen (secondary N) is 1. The van der Waals surface area contributed by atoms with E-state index in [-0.39, 0.29) is 24.9 Å². The number of carbonyl (C=O) groups is 2. The SMILES string of the molecule is C=CC(=O)CCCCOCC(O)C(O)COCCCNC(=O)C=C. The van der Waals surface area contributed by atoms with Gasteiger partial charge in [-0.15, -0.1) is 0 Å². The minimum atomic E-state index is -1.03. The fourth-order valence-corrected chi connectivity index (χ4v) is 1.69. The van der Waals surface area contributed by atoms with Crippen LogP contribution in [0.2, 0.25) is 0 Å². The van der Waals surface area contributed by atoms with Gasteiger partial charge >= 0.3 is 0 Å². The van der Waals surface area contributed by atoms with E-state index in [1.807, 2.05) is 0 Å². The predicted octanol–water partition coefficient (Wildman–Crippen LogP) is 0.359. The van der Waals surface area contributed by atoms with Crippen molar-refractivity contribution < 1.29 is 29.3 Å². The van der Waals surface area contributed by atoms with E-state index in [1.165, 1.54) is 12.2 Å². The maximum absolute atomic E-state index is 11.0. The Labute approximate surface area is 143 Å². The molecule has 0 aromatic rings. The summed E-state index contributed by atoms with van der Waals surface area (Å²) in [6.07, 6.45) is 2.88. The number of carbonyl (C=O) groups excluding carboxylic acids is 2. The number of ether oxygens (including phenoxy) is 2. The van der Waals surface area contributed by atoms with E-state index in [2.05, 4.69) is 18.5 Å². The molecule has 0 aromatic carbocycles. The van der Waals surface area contributed by atoms with Gasteiger partial charge in [0.2, 0.25) is 5.91 Å². The van der Waals surface area contributed by atoms with Crippen LogP contribution in [0.1, 0.15) is 25.7 Å². The van der Waals surface area contributed by atoms with E-state index in [4.69, 9.17) is 9.47 Å². The van der Waals surface area contributed by atoms with Crippen LogP contribution in [0.15, 0.2) is 25.3 Å². The molecule has 2 unspecified atom stereocenters. The number of hydrogen-bond donors (Lipinski definition) is 3. The van der Waals surface area contributed by atoms with Gasteiger partial charge < -0.3 is 25.0 Å². The zero-order valence-corrected chi connectivity index (χ0v) is 14.1. The lowest BCUT2D eigenvalue weighted by molar-refractivity contribution is -0.116. The number of unbranched alkanes of at least 4 members (excludes halogenated alkanes) is 1. The van der Waals surface area contributed by atoms with Crippen molar-refractivity contribution in [2.45, 2.75) is 37.9 Å². The Bertz CT molecular complexity index is 349. The van der Waals surface area contributed by atoms with Crippen molar-refractivity contribution in [1.29, 1.82) is 0 Å². The Morgan fingerprint density at radius 1 is 0.958 bits per heavy atom. The molecule has 3 N–H and O–H groups in total. The molecule has 24 heavy (non-hydrogen) atoms. The molecule has 2 atom stereocenters. The smallest absolute Gasteiger partial charge is 0.243 e. The Morgan fingerprint density at radius 2 is 1.54 bits per heavy atom. The molecule has 1 amide bonds. The van der Waals surface area contributed by atoms with E-state index in [1.54, 1.807) is 0 Å². The second-order valence-corrected chi connectivity index (χ2v) is 5.26. The quantitative estimate of drug-likeness (QED) is 0.276. The van der Waals surface area contributed by atoms with E-state index >= 15 is 0 Å². The Morgan fingerprint density at radius 3 is 2.08 bits per heavy atom. The molecule has 0 aliphatic heterocycles. The number of aliphatic hydroxyl groups is 2. The van der Waals surface area contributed by atoms with Crippen molar-refractivity contribution in [3.8, 4) is 0 Å². The molecule has 0 rings (SSSR count). The minimum absolute atomic E-state index is 0.00617. The van der Waals surface area contributed by atoms with Crippen LogP contribution in [0, 0.1) is 0 Å². The molecule has 0 fully saturated rings. The topological polar surface area (TPSA) is 105 Å². The standard InChI is InChI=1S/C17H29NO6/c1-3-14(19)8-5-6-10-23-12-15(20)16(21)13-24-11-7-9-18-17(22)4-2/h3-4,15-16,20-21H,1-2,5-13H2,(H,18,22). The highest BCUT2D eigenvalue weighted by atomic mass is 16.5. The summed E-state index contributed by atoms with van der Waals surface area (Å²) >= 11 is 0. The first-order valence-corrected chi connectivity index (χ1v) is 8.08. The molecule has 0 spiro atoms. The third-order valence-corrected chi connectivity index (χ3v) is 3.16. The van der Waals surface area contributed by atoms with Gasteiger partial charge in [0, 0.05) is 26.2 Å². The third kappa shape index (κ3) is 13.0. The number of allylic oxidation sites excluding steroid dienone is 1. The van der Waals surface area contributed by atoms with E-state index in [9.17, 15) is 19.8 Å².